The van der Waals surface area contributed by atoms with Gasteiger partial charge < -0.3 is 15.8 Å². The van der Waals surface area contributed by atoms with Gasteiger partial charge in [-0.15, -0.1) is 0 Å². The molecule has 1 aromatic carbocycles. The summed E-state index contributed by atoms with van der Waals surface area (Å²) in [5.41, 5.74) is 6.99. The molecule has 4 heteroatoms. The Bertz CT molecular complexity index is 357. The molecule has 0 atom stereocenters. The molecule has 0 saturated carbocycles. The summed E-state index contributed by atoms with van der Waals surface area (Å²) >= 11 is 0. The molecule has 4 nitrogen and oxygen atoms in total. The van der Waals surface area contributed by atoms with Gasteiger partial charge in [0.2, 0.25) is 0 Å². The van der Waals surface area contributed by atoms with Crippen LogP contribution in [0, 0.1) is 11.3 Å². The van der Waals surface area contributed by atoms with Crippen molar-refractivity contribution >= 4 is 0 Å². The maximum atomic E-state index is 8.77. The molecule has 0 aromatic heterocycles. The summed E-state index contributed by atoms with van der Waals surface area (Å²) in [7, 11) is 1.62. The second-order valence-electron chi connectivity index (χ2n) is 3.10. The van der Waals surface area contributed by atoms with Gasteiger partial charge in [-0.05, 0) is 18.2 Å². The molecule has 0 heterocycles. The summed E-state index contributed by atoms with van der Waals surface area (Å²) in [6.45, 7) is 2.01. The Morgan fingerprint density at radius 1 is 1.53 bits per heavy atom. The summed E-state index contributed by atoms with van der Waals surface area (Å²) in [5, 5.41) is 11.9. The number of ether oxygens (including phenoxy) is 1. The molecule has 0 bridgehead atoms. The highest BCUT2D eigenvalue weighted by Crippen LogP contribution is 2.19. The molecule has 0 aliphatic rings. The number of hydrogen-bond acceptors (Lipinski definition) is 4. The molecule has 3 N–H and O–H groups in total. The highest BCUT2D eigenvalue weighted by atomic mass is 16.5. The van der Waals surface area contributed by atoms with E-state index in [1.807, 2.05) is 6.07 Å². The lowest BCUT2D eigenvalue weighted by atomic mass is 10.1. The maximum Gasteiger partial charge on any atom is 0.123 e. The first-order valence-electron chi connectivity index (χ1n) is 4.79. The van der Waals surface area contributed by atoms with Crippen LogP contribution in [0.4, 0.5) is 0 Å². The number of hydrogen-bond donors (Lipinski definition) is 2. The Morgan fingerprint density at radius 2 is 2.33 bits per heavy atom. The number of rotatable bonds is 5. The smallest absolute Gasteiger partial charge is 0.123 e. The van der Waals surface area contributed by atoms with E-state index in [1.54, 1.807) is 19.2 Å². The standard InChI is InChI=1S/C11H15N3O/c1-15-11-3-2-9(7-13)6-10(11)8-14-5-4-12/h2-3,6,14H,4-5,8,12H2,1H3. The lowest BCUT2D eigenvalue weighted by molar-refractivity contribution is 0.408. The first-order valence-corrected chi connectivity index (χ1v) is 4.79. The van der Waals surface area contributed by atoms with Gasteiger partial charge in [0.1, 0.15) is 5.75 Å². The summed E-state index contributed by atoms with van der Waals surface area (Å²) in [5.74, 6) is 0.790. The molecule has 0 saturated heterocycles. The quantitative estimate of drug-likeness (QED) is 0.691. The highest BCUT2D eigenvalue weighted by Gasteiger charge is 2.03. The van der Waals surface area contributed by atoms with Crippen molar-refractivity contribution in [3.63, 3.8) is 0 Å². The minimum Gasteiger partial charge on any atom is -0.496 e. The fraction of sp³-hybridized carbons (Fsp3) is 0.364. The molecule has 0 spiro atoms. The second-order valence-corrected chi connectivity index (χ2v) is 3.10. The molecule has 0 unspecified atom stereocenters. The topological polar surface area (TPSA) is 71.1 Å². The van der Waals surface area contributed by atoms with Crippen molar-refractivity contribution in [2.75, 3.05) is 20.2 Å². The third kappa shape index (κ3) is 3.24. The predicted molar refractivity (Wildman–Crippen MR) is 58.5 cm³/mol. The van der Waals surface area contributed by atoms with E-state index >= 15 is 0 Å². The third-order valence-corrected chi connectivity index (χ3v) is 2.05. The van der Waals surface area contributed by atoms with E-state index in [0.717, 1.165) is 17.9 Å². The molecule has 0 aliphatic carbocycles. The Kier molecular flexibility index (Phi) is 4.61. The minimum absolute atomic E-state index is 0.597. The predicted octanol–water partition coefficient (Wildman–Crippen LogP) is 0.615. The normalized spacial score (nSPS) is 9.67. The van der Waals surface area contributed by atoms with Crippen molar-refractivity contribution < 1.29 is 4.74 Å². The minimum atomic E-state index is 0.597. The van der Waals surface area contributed by atoms with Crippen LogP contribution in [0.1, 0.15) is 11.1 Å². The van der Waals surface area contributed by atoms with Crippen molar-refractivity contribution in [2.24, 2.45) is 5.73 Å². The van der Waals surface area contributed by atoms with Gasteiger partial charge in [-0.1, -0.05) is 0 Å². The number of nitrogens with one attached hydrogen (secondary N) is 1. The monoisotopic (exact) mass is 205 g/mol. The van der Waals surface area contributed by atoms with Crippen molar-refractivity contribution in [3.8, 4) is 11.8 Å². The number of nitrogens with zero attached hydrogens (tertiary/aromatic N) is 1. The van der Waals surface area contributed by atoms with E-state index in [-0.39, 0.29) is 0 Å². The van der Waals surface area contributed by atoms with Gasteiger partial charge in [0, 0.05) is 25.2 Å². The zero-order valence-corrected chi connectivity index (χ0v) is 8.79. The SMILES string of the molecule is COc1ccc(C#N)cc1CNCCN. The summed E-state index contributed by atoms with van der Waals surface area (Å²) < 4.78 is 5.19. The molecule has 0 fully saturated rings. The van der Waals surface area contributed by atoms with Crippen molar-refractivity contribution in [3.05, 3.63) is 29.3 Å². The summed E-state index contributed by atoms with van der Waals surface area (Å²) in [6.07, 6.45) is 0. The van der Waals surface area contributed by atoms with Gasteiger partial charge in [0.25, 0.3) is 0 Å². The van der Waals surface area contributed by atoms with Gasteiger partial charge >= 0.3 is 0 Å². The van der Waals surface area contributed by atoms with E-state index in [2.05, 4.69) is 11.4 Å². The van der Waals surface area contributed by atoms with Crippen LogP contribution in [0.2, 0.25) is 0 Å². The number of methoxy groups -OCH3 is 1. The van der Waals surface area contributed by atoms with Crippen molar-refractivity contribution in [1.82, 2.24) is 5.32 Å². The lowest BCUT2D eigenvalue weighted by Crippen LogP contribution is -2.22. The largest absolute Gasteiger partial charge is 0.496 e. The van der Waals surface area contributed by atoms with Crippen LogP contribution in [0.25, 0.3) is 0 Å². The van der Waals surface area contributed by atoms with Gasteiger partial charge in [-0.2, -0.15) is 5.26 Å². The first-order chi connectivity index (χ1) is 7.31. The number of nitrogens with two attached hydrogens (primary N) is 1. The Morgan fingerprint density at radius 3 is 2.93 bits per heavy atom. The Labute approximate surface area is 89.7 Å². The van der Waals surface area contributed by atoms with Gasteiger partial charge in [0.05, 0.1) is 18.7 Å². The summed E-state index contributed by atoms with van der Waals surface area (Å²) in [6, 6.07) is 7.47. The van der Waals surface area contributed by atoms with E-state index in [4.69, 9.17) is 15.7 Å². The van der Waals surface area contributed by atoms with Crippen LogP contribution >= 0.6 is 0 Å². The number of nitriles is 1. The Hall–Kier alpha value is -1.57. The second kappa shape index (κ2) is 6.02. The molecule has 80 valence electrons. The molecule has 1 aromatic rings. The first kappa shape index (κ1) is 11.5. The zero-order chi connectivity index (χ0) is 11.1. The lowest BCUT2D eigenvalue weighted by Gasteiger charge is -2.09. The van der Waals surface area contributed by atoms with Crippen LogP contribution in [0.3, 0.4) is 0 Å². The average Bonchev–Trinajstić information content (AvgIpc) is 2.29. The Balaban J connectivity index is 2.78. The fourth-order valence-corrected chi connectivity index (χ4v) is 1.31. The molecule has 1 rings (SSSR count). The van der Waals surface area contributed by atoms with Crippen LogP contribution in [-0.2, 0) is 6.54 Å². The van der Waals surface area contributed by atoms with E-state index in [0.29, 0.717) is 18.7 Å². The summed E-state index contributed by atoms with van der Waals surface area (Å²) in [4.78, 5) is 0. The van der Waals surface area contributed by atoms with E-state index < -0.39 is 0 Å². The number of benzene rings is 1. The van der Waals surface area contributed by atoms with Crippen molar-refractivity contribution in [2.45, 2.75) is 6.54 Å². The zero-order valence-electron chi connectivity index (χ0n) is 8.79. The molecule has 0 radical (unpaired) electrons. The third-order valence-electron chi connectivity index (χ3n) is 2.05. The van der Waals surface area contributed by atoms with E-state index in [1.165, 1.54) is 0 Å². The van der Waals surface area contributed by atoms with Gasteiger partial charge in [0.15, 0.2) is 0 Å². The van der Waals surface area contributed by atoms with Gasteiger partial charge in [-0.25, -0.2) is 0 Å². The van der Waals surface area contributed by atoms with E-state index in [9.17, 15) is 0 Å². The molecular formula is C11H15N3O. The van der Waals surface area contributed by atoms with Crippen LogP contribution < -0.4 is 15.8 Å². The van der Waals surface area contributed by atoms with Crippen LogP contribution in [0.15, 0.2) is 18.2 Å². The average molecular weight is 205 g/mol. The molecular weight excluding hydrogens is 190 g/mol. The van der Waals surface area contributed by atoms with Crippen molar-refractivity contribution in [1.29, 1.82) is 5.26 Å². The van der Waals surface area contributed by atoms with Gasteiger partial charge in [-0.3, -0.25) is 0 Å². The highest BCUT2D eigenvalue weighted by molar-refractivity contribution is 5.41. The molecule has 15 heavy (non-hydrogen) atoms. The fourth-order valence-electron chi connectivity index (χ4n) is 1.31. The molecule has 0 aliphatic heterocycles. The maximum absolute atomic E-state index is 8.77. The van der Waals surface area contributed by atoms with Crippen LogP contribution in [-0.4, -0.2) is 20.2 Å². The molecule has 0 amide bonds. The van der Waals surface area contributed by atoms with Crippen LogP contribution in [0.5, 0.6) is 5.75 Å².